The van der Waals surface area contributed by atoms with E-state index in [2.05, 4.69) is 61.0 Å². The summed E-state index contributed by atoms with van der Waals surface area (Å²) in [4.78, 5) is 13.2. The molecule has 1 amide bonds. The van der Waals surface area contributed by atoms with Gasteiger partial charge in [0.05, 0.1) is 10.6 Å². The largest absolute Gasteiger partial charge is 0.348 e. The van der Waals surface area contributed by atoms with Gasteiger partial charge in [0.2, 0.25) is 0 Å². The van der Waals surface area contributed by atoms with E-state index in [1.54, 1.807) is 31.2 Å². The molecule has 3 aromatic carbocycles. The first-order valence-corrected chi connectivity index (χ1v) is 13.6. The Balaban J connectivity index is 1.52. The van der Waals surface area contributed by atoms with Crippen LogP contribution in [0, 0.1) is 6.92 Å². The van der Waals surface area contributed by atoms with E-state index in [0.717, 1.165) is 22.9 Å². The van der Waals surface area contributed by atoms with Crippen molar-refractivity contribution in [1.82, 2.24) is 9.88 Å². The van der Waals surface area contributed by atoms with Gasteiger partial charge in [0, 0.05) is 41.2 Å². The van der Waals surface area contributed by atoms with Gasteiger partial charge in [-0.25, -0.2) is 8.42 Å². The number of nitrogens with one attached hydrogen (secondary N) is 1. The normalized spacial score (nSPS) is 11.8. The summed E-state index contributed by atoms with van der Waals surface area (Å²) in [5.41, 5.74) is 6.29. The highest BCUT2D eigenvalue weighted by atomic mass is 32.2. The number of carbonyl (C=O) groups is 1. The third-order valence-electron chi connectivity index (χ3n) is 6.32. The first-order valence-electron chi connectivity index (χ1n) is 12.0. The second-order valence-electron chi connectivity index (χ2n) is 9.27. The Labute approximate surface area is 207 Å². The fourth-order valence-corrected chi connectivity index (χ4v) is 5.25. The van der Waals surface area contributed by atoms with Gasteiger partial charge in [-0.1, -0.05) is 48.9 Å². The van der Waals surface area contributed by atoms with E-state index in [0.29, 0.717) is 23.0 Å². The maximum Gasteiger partial charge on any atom is 0.251 e. The van der Waals surface area contributed by atoms with Crippen LogP contribution in [0.3, 0.4) is 0 Å². The molecule has 0 saturated heterocycles. The summed E-state index contributed by atoms with van der Waals surface area (Å²) in [5, 5.41) is 3.99. The van der Waals surface area contributed by atoms with Crippen LogP contribution in [0.15, 0.2) is 77.7 Å². The average molecular weight is 489 g/mol. The smallest absolute Gasteiger partial charge is 0.251 e. The van der Waals surface area contributed by atoms with Crippen molar-refractivity contribution in [3.63, 3.8) is 0 Å². The second-order valence-corrected chi connectivity index (χ2v) is 11.5. The Morgan fingerprint density at radius 3 is 2.20 bits per heavy atom. The Morgan fingerprint density at radius 1 is 0.914 bits per heavy atom. The van der Waals surface area contributed by atoms with E-state index in [1.807, 2.05) is 18.2 Å². The van der Waals surface area contributed by atoms with Crippen LogP contribution in [0.5, 0.6) is 0 Å². The van der Waals surface area contributed by atoms with Crippen LogP contribution in [0.4, 0.5) is 0 Å². The van der Waals surface area contributed by atoms with Crippen molar-refractivity contribution >= 4 is 26.6 Å². The van der Waals surface area contributed by atoms with Gasteiger partial charge >= 0.3 is 0 Å². The molecular weight excluding hydrogens is 456 g/mol. The molecule has 0 spiro atoms. The Kier molecular flexibility index (Phi) is 7.13. The number of nitrogens with zero attached hydrogens (tertiary/aromatic N) is 1. The van der Waals surface area contributed by atoms with Crippen LogP contribution >= 0.6 is 0 Å². The molecule has 0 unspecified atom stereocenters. The van der Waals surface area contributed by atoms with Crippen molar-refractivity contribution in [2.45, 2.75) is 51.6 Å². The van der Waals surface area contributed by atoms with Gasteiger partial charge in [-0.3, -0.25) is 4.79 Å². The van der Waals surface area contributed by atoms with Crippen molar-refractivity contribution in [3.05, 3.63) is 101 Å². The molecule has 4 rings (SSSR count). The van der Waals surface area contributed by atoms with Crippen molar-refractivity contribution in [2.24, 2.45) is 0 Å². The molecule has 0 aliphatic rings. The van der Waals surface area contributed by atoms with Gasteiger partial charge < -0.3 is 9.88 Å². The van der Waals surface area contributed by atoms with E-state index in [-0.39, 0.29) is 11.7 Å². The van der Waals surface area contributed by atoms with Crippen LogP contribution in [0.25, 0.3) is 10.9 Å². The molecule has 35 heavy (non-hydrogen) atoms. The predicted octanol–water partition coefficient (Wildman–Crippen LogP) is 5.85. The lowest BCUT2D eigenvalue weighted by Crippen LogP contribution is -2.22. The Morgan fingerprint density at radius 2 is 1.57 bits per heavy atom. The average Bonchev–Trinajstić information content (AvgIpc) is 3.21. The van der Waals surface area contributed by atoms with E-state index >= 15 is 0 Å². The van der Waals surface area contributed by atoms with Gasteiger partial charge in [-0.2, -0.15) is 0 Å². The SMILES string of the molecule is CCS(=O)(=O)c1ccc(CNC(=O)c2ccc3c(c2)cc(Cc2ccc(C)cc2)n3C(C)C)cc1. The number of hydrogen-bond donors (Lipinski definition) is 1. The maximum absolute atomic E-state index is 12.9. The molecule has 0 atom stereocenters. The van der Waals surface area contributed by atoms with Crippen LogP contribution in [0.2, 0.25) is 0 Å². The fourth-order valence-electron chi connectivity index (χ4n) is 4.36. The molecule has 1 heterocycles. The summed E-state index contributed by atoms with van der Waals surface area (Å²) in [6.07, 6.45) is 0.832. The number of hydrogen-bond acceptors (Lipinski definition) is 3. The number of aryl methyl sites for hydroxylation is 1. The minimum Gasteiger partial charge on any atom is -0.348 e. The zero-order chi connectivity index (χ0) is 25.2. The number of sulfone groups is 1. The second kappa shape index (κ2) is 10.1. The number of rotatable bonds is 8. The minimum absolute atomic E-state index is 0.0663. The summed E-state index contributed by atoms with van der Waals surface area (Å²) in [6.45, 7) is 8.40. The lowest BCUT2D eigenvalue weighted by molar-refractivity contribution is 0.0951. The van der Waals surface area contributed by atoms with Crippen molar-refractivity contribution in [2.75, 3.05) is 5.75 Å². The molecule has 0 bridgehead atoms. The minimum atomic E-state index is -3.23. The Bertz CT molecular complexity index is 1450. The third-order valence-corrected chi connectivity index (χ3v) is 8.07. The summed E-state index contributed by atoms with van der Waals surface area (Å²) < 4.78 is 26.3. The molecule has 0 aliphatic heterocycles. The van der Waals surface area contributed by atoms with Gasteiger partial charge in [0.25, 0.3) is 5.91 Å². The molecule has 0 radical (unpaired) electrons. The van der Waals surface area contributed by atoms with Gasteiger partial charge in [-0.05, 0) is 68.3 Å². The molecular formula is C29H32N2O3S. The van der Waals surface area contributed by atoms with Crippen LogP contribution in [-0.2, 0) is 22.8 Å². The lowest BCUT2D eigenvalue weighted by atomic mass is 10.1. The standard InChI is InChI=1S/C29H32N2O3S/c1-5-35(33,34)27-13-10-23(11-14-27)19-30-29(32)24-12-15-28-25(17-24)18-26(31(28)20(2)3)16-22-8-6-21(4)7-9-22/h6-15,17-18,20H,5,16,19H2,1-4H3,(H,30,32). The first kappa shape index (κ1) is 24.7. The van der Waals surface area contributed by atoms with Gasteiger partial charge in [0.1, 0.15) is 0 Å². The molecule has 0 fully saturated rings. The molecule has 0 saturated carbocycles. The highest BCUT2D eigenvalue weighted by molar-refractivity contribution is 7.91. The van der Waals surface area contributed by atoms with Gasteiger partial charge in [0.15, 0.2) is 9.84 Å². The lowest BCUT2D eigenvalue weighted by Gasteiger charge is -2.15. The Hall–Kier alpha value is -3.38. The molecule has 1 N–H and O–H groups in total. The van der Waals surface area contributed by atoms with E-state index in [1.165, 1.54) is 16.8 Å². The van der Waals surface area contributed by atoms with Crippen LogP contribution in [-0.4, -0.2) is 24.6 Å². The monoisotopic (exact) mass is 488 g/mol. The molecule has 0 aliphatic carbocycles. The number of amides is 1. The van der Waals surface area contributed by atoms with Crippen LogP contribution in [0.1, 0.15) is 59.6 Å². The van der Waals surface area contributed by atoms with Crippen molar-refractivity contribution in [3.8, 4) is 0 Å². The van der Waals surface area contributed by atoms with E-state index in [4.69, 9.17) is 0 Å². The summed E-state index contributed by atoms with van der Waals surface area (Å²) >= 11 is 0. The van der Waals surface area contributed by atoms with Crippen LogP contribution < -0.4 is 5.32 Å². The molecule has 1 aromatic heterocycles. The van der Waals surface area contributed by atoms with E-state index in [9.17, 15) is 13.2 Å². The third kappa shape index (κ3) is 5.49. The number of aromatic nitrogens is 1. The molecule has 4 aromatic rings. The highest BCUT2D eigenvalue weighted by Crippen LogP contribution is 2.27. The van der Waals surface area contributed by atoms with E-state index < -0.39 is 9.84 Å². The predicted molar refractivity (Wildman–Crippen MR) is 142 cm³/mol. The highest BCUT2D eigenvalue weighted by Gasteiger charge is 2.15. The quantitative estimate of drug-likeness (QED) is 0.339. The van der Waals surface area contributed by atoms with Gasteiger partial charge in [-0.15, -0.1) is 0 Å². The zero-order valence-electron chi connectivity index (χ0n) is 20.7. The number of fused-ring (bicyclic) bond motifs is 1. The molecule has 5 nitrogen and oxygen atoms in total. The summed E-state index contributed by atoms with van der Waals surface area (Å²) in [6, 6.07) is 23.6. The number of carbonyl (C=O) groups excluding carboxylic acids is 1. The topological polar surface area (TPSA) is 68.2 Å². The van der Waals surface area contributed by atoms with Crippen molar-refractivity contribution < 1.29 is 13.2 Å². The fraction of sp³-hybridized carbons (Fsp3) is 0.276. The maximum atomic E-state index is 12.9. The summed E-state index contributed by atoms with van der Waals surface area (Å²) in [5.74, 6) is -0.0915. The first-order chi connectivity index (χ1) is 16.7. The number of benzene rings is 3. The molecule has 182 valence electrons. The summed E-state index contributed by atoms with van der Waals surface area (Å²) in [7, 11) is -3.23. The zero-order valence-corrected chi connectivity index (χ0v) is 21.5. The molecule has 6 heteroatoms. The van der Waals surface area contributed by atoms with Crippen molar-refractivity contribution in [1.29, 1.82) is 0 Å².